The largest absolute Gasteiger partial charge is 0.486 e. The number of carbonyl (C=O) groups is 1. The van der Waals surface area contributed by atoms with Crippen LogP contribution in [0.2, 0.25) is 5.02 Å². The van der Waals surface area contributed by atoms with Crippen LogP contribution in [0.25, 0.3) is 10.9 Å². The highest BCUT2D eigenvalue weighted by atomic mass is 35.5. The summed E-state index contributed by atoms with van der Waals surface area (Å²) in [5, 5.41) is 4.10. The first-order valence-corrected chi connectivity index (χ1v) is 11.3. The van der Waals surface area contributed by atoms with E-state index >= 15 is 0 Å². The summed E-state index contributed by atoms with van der Waals surface area (Å²) in [5.74, 6) is 1.25. The van der Waals surface area contributed by atoms with E-state index in [1.807, 2.05) is 6.07 Å². The maximum atomic E-state index is 13.2. The lowest BCUT2D eigenvalue weighted by molar-refractivity contribution is 0.0818. The Bertz CT molecular complexity index is 1240. The lowest BCUT2D eigenvalue weighted by atomic mass is 10.1. The van der Waals surface area contributed by atoms with E-state index in [9.17, 15) is 9.59 Å². The van der Waals surface area contributed by atoms with Crippen molar-refractivity contribution < 1.29 is 19.0 Å². The number of amides is 2. The average Bonchev–Trinajstić information content (AvgIpc) is 3.32. The van der Waals surface area contributed by atoms with Crippen LogP contribution in [0.15, 0.2) is 47.3 Å². The van der Waals surface area contributed by atoms with Crippen LogP contribution in [0, 0.1) is 0 Å². The maximum absolute atomic E-state index is 13.2. The predicted octanol–water partition coefficient (Wildman–Crippen LogP) is 4.17. The van der Waals surface area contributed by atoms with Crippen LogP contribution in [0.3, 0.4) is 0 Å². The van der Waals surface area contributed by atoms with Gasteiger partial charge in [-0.15, -0.1) is 0 Å². The third-order valence-electron chi connectivity index (χ3n) is 5.80. The van der Waals surface area contributed by atoms with Gasteiger partial charge < -0.3 is 29.4 Å². The zero-order chi connectivity index (χ0) is 22.8. The van der Waals surface area contributed by atoms with Gasteiger partial charge in [0.15, 0.2) is 11.5 Å². The predicted molar refractivity (Wildman–Crippen MR) is 125 cm³/mol. The van der Waals surface area contributed by atoms with Gasteiger partial charge in [0.05, 0.1) is 28.9 Å². The zero-order valence-electron chi connectivity index (χ0n) is 17.9. The number of nitrogens with one attached hydrogen (secondary N) is 2. The highest BCUT2D eigenvalue weighted by molar-refractivity contribution is 6.33. The fourth-order valence-corrected chi connectivity index (χ4v) is 4.30. The summed E-state index contributed by atoms with van der Waals surface area (Å²) in [5.41, 5.74) is 1.37. The van der Waals surface area contributed by atoms with E-state index in [1.165, 1.54) is 0 Å². The van der Waals surface area contributed by atoms with Crippen LogP contribution in [0.4, 0.5) is 10.5 Å². The summed E-state index contributed by atoms with van der Waals surface area (Å²) in [6.45, 7) is 2.12. The van der Waals surface area contributed by atoms with Crippen LogP contribution in [-0.2, 0) is 11.3 Å². The fourth-order valence-electron chi connectivity index (χ4n) is 4.12. The standard InChI is InChI=1S/C24H24ClN3O5/c25-18-5-1-2-6-19(18)27-24(30)28(14-17-4-3-7-31-17)13-16-10-15-11-21-22(33-9-8-32-21)12-20(15)26-23(16)29/h1-2,5-6,10-12,17H,3-4,7-9,13-14H2,(H,26,29)(H,27,30)/t17-/m1/s1. The van der Waals surface area contributed by atoms with E-state index in [2.05, 4.69) is 10.3 Å². The molecular formula is C24H24ClN3O5. The van der Waals surface area contributed by atoms with Crippen molar-refractivity contribution in [3.8, 4) is 11.5 Å². The number of benzene rings is 2. The topological polar surface area (TPSA) is 92.9 Å². The van der Waals surface area contributed by atoms with E-state index in [0.29, 0.717) is 59.7 Å². The maximum Gasteiger partial charge on any atom is 0.322 e. The minimum Gasteiger partial charge on any atom is -0.486 e. The molecular weight excluding hydrogens is 446 g/mol. The third kappa shape index (κ3) is 4.77. The number of H-pyrrole nitrogens is 1. The van der Waals surface area contributed by atoms with Gasteiger partial charge in [-0.05, 0) is 37.1 Å². The normalized spacial score (nSPS) is 17.2. The second-order valence-electron chi connectivity index (χ2n) is 8.13. The third-order valence-corrected chi connectivity index (χ3v) is 6.13. The van der Waals surface area contributed by atoms with Gasteiger partial charge in [0.1, 0.15) is 13.2 Å². The van der Waals surface area contributed by atoms with Crippen molar-refractivity contribution in [3.05, 3.63) is 63.4 Å². The molecule has 172 valence electrons. The van der Waals surface area contributed by atoms with Gasteiger partial charge in [0.2, 0.25) is 0 Å². The highest BCUT2D eigenvalue weighted by Gasteiger charge is 2.24. The van der Waals surface area contributed by atoms with Gasteiger partial charge in [-0.3, -0.25) is 4.79 Å². The van der Waals surface area contributed by atoms with E-state index in [-0.39, 0.29) is 24.2 Å². The molecule has 9 heteroatoms. The molecule has 0 aliphatic carbocycles. The minimum absolute atomic E-state index is 0.0703. The molecule has 33 heavy (non-hydrogen) atoms. The second kappa shape index (κ2) is 9.33. The second-order valence-corrected chi connectivity index (χ2v) is 8.54. The van der Waals surface area contributed by atoms with E-state index in [1.54, 1.807) is 41.3 Å². The molecule has 0 unspecified atom stereocenters. The number of aromatic amines is 1. The molecule has 0 bridgehead atoms. The number of hydrogen-bond donors (Lipinski definition) is 2. The molecule has 2 aromatic carbocycles. The highest BCUT2D eigenvalue weighted by Crippen LogP contribution is 2.33. The number of rotatable bonds is 5. The molecule has 8 nitrogen and oxygen atoms in total. The Morgan fingerprint density at radius 2 is 1.91 bits per heavy atom. The Labute approximate surface area is 195 Å². The molecule has 5 rings (SSSR count). The number of fused-ring (bicyclic) bond motifs is 2. The van der Waals surface area contributed by atoms with E-state index in [0.717, 1.165) is 18.2 Å². The first kappa shape index (κ1) is 21.6. The summed E-state index contributed by atoms with van der Waals surface area (Å²) in [6, 6.07) is 12.1. The van der Waals surface area contributed by atoms with Crippen molar-refractivity contribution in [1.29, 1.82) is 0 Å². The van der Waals surface area contributed by atoms with E-state index < -0.39 is 0 Å². The molecule has 0 spiro atoms. The van der Waals surface area contributed by atoms with Crippen LogP contribution >= 0.6 is 11.6 Å². The molecule has 1 atom stereocenters. The number of ether oxygens (including phenoxy) is 3. The molecule has 0 radical (unpaired) electrons. The summed E-state index contributed by atoms with van der Waals surface area (Å²) < 4.78 is 17.0. The molecule has 2 amide bonds. The van der Waals surface area contributed by atoms with Crippen molar-refractivity contribution in [2.24, 2.45) is 0 Å². The van der Waals surface area contributed by atoms with Crippen molar-refractivity contribution >= 4 is 34.2 Å². The molecule has 1 saturated heterocycles. The lowest BCUT2D eigenvalue weighted by Crippen LogP contribution is -2.40. The Balaban J connectivity index is 1.43. The van der Waals surface area contributed by atoms with Gasteiger partial charge in [-0.1, -0.05) is 23.7 Å². The van der Waals surface area contributed by atoms with Crippen LogP contribution in [0.5, 0.6) is 11.5 Å². The van der Waals surface area contributed by atoms with E-state index in [4.69, 9.17) is 25.8 Å². The number of pyridine rings is 1. The Morgan fingerprint density at radius 1 is 1.12 bits per heavy atom. The lowest BCUT2D eigenvalue weighted by Gasteiger charge is -2.26. The Morgan fingerprint density at radius 3 is 2.67 bits per heavy atom. The fraction of sp³-hybridized carbons (Fsp3) is 0.333. The molecule has 0 saturated carbocycles. The molecule has 3 heterocycles. The molecule has 1 aromatic heterocycles. The summed E-state index contributed by atoms with van der Waals surface area (Å²) >= 11 is 6.22. The van der Waals surface area contributed by atoms with Crippen LogP contribution in [-0.4, -0.2) is 48.4 Å². The number of aromatic nitrogens is 1. The number of halogens is 1. The molecule has 2 aliphatic heterocycles. The smallest absolute Gasteiger partial charge is 0.322 e. The Hall–Kier alpha value is -3.23. The Kier molecular flexibility index (Phi) is 6.11. The first-order chi connectivity index (χ1) is 16.1. The number of para-hydroxylation sites is 1. The number of carbonyl (C=O) groups excluding carboxylic acids is 1. The van der Waals surface area contributed by atoms with Crippen LogP contribution in [0.1, 0.15) is 18.4 Å². The van der Waals surface area contributed by atoms with Crippen molar-refractivity contribution in [3.63, 3.8) is 0 Å². The van der Waals surface area contributed by atoms with Crippen molar-refractivity contribution in [2.45, 2.75) is 25.5 Å². The van der Waals surface area contributed by atoms with Gasteiger partial charge >= 0.3 is 6.03 Å². The number of hydrogen-bond acceptors (Lipinski definition) is 5. The molecule has 3 aromatic rings. The quantitative estimate of drug-likeness (QED) is 0.585. The zero-order valence-corrected chi connectivity index (χ0v) is 18.7. The summed E-state index contributed by atoms with van der Waals surface area (Å²) in [6.07, 6.45) is 1.75. The monoisotopic (exact) mass is 469 g/mol. The summed E-state index contributed by atoms with van der Waals surface area (Å²) in [4.78, 5) is 30.5. The SMILES string of the molecule is O=C(Nc1ccccc1Cl)N(Cc1cc2cc3c(cc2[nH]c1=O)OCCO3)C[C@H]1CCCO1. The number of anilines is 1. The van der Waals surface area contributed by atoms with Gasteiger partial charge in [-0.2, -0.15) is 0 Å². The average molecular weight is 470 g/mol. The minimum atomic E-state index is -0.347. The van der Waals surface area contributed by atoms with Crippen LogP contribution < -0.4 is 20.3 Å². The molecule has 2 aliphatic rings. The van der Waals surface area contributed by atoms with Gasteiger partial charge in [0, 0.05) is 30.2 Å². The van der Waals surface area contributed by atoms with Gasteiger partial charge in [0.25, 0.3) is 5.56 Å². The molecule has 2 N–H and O–H groups in total. The van der Waals surface area contributed by atoms with Crippen molar-refractivity contribution in [1.82, 2.24) is 9.88 Å². The first-order valence-electron chi connectivity index (χ1n) is 10.9. The van der Waals surface area contributed by atoms with Gasteiger partial charge in [-0.25, -0.2) is 4.79 Å². The molecule has 1 fully saturated rings. The van der Waals surface area contributed by atoms with Crippen molar-refractivity contribution in [2.75, 3.05) is 31.7 Å². The summed E-state index contributed by atoms with van der Waals surface area (Å²) in [7, 11) is 0. The number of urea groups is 1. The number of nitrogens with zero attached hydrogens (tertiary/aromatic N) is 1.